The van der Waals surface area contributed by atoms with Crippen molar-refractivity contribution in [2.24, 2.45) is 0 Å². The standard InChI is InChI=1S/C18H21N3O2/c1-19-13-18(23)21-16-9-5-8-15(12-16)20-17(22)11-10-14-6-3-2-4-7-14/h2-9,12,19H,10-11,13H2,1H3,(H,20,22)(H,21,23). The summed E-state index contributed by atoms with van der Waals surface area (Å²) in [5.74, 6) is -0.174. The third-order valence-corrected chi connectivity index (χ3v) is 3.25. The Kier molecular flexibility index (Phi) is 6.32. The summed E-state index contributed by atoms with van der Waals surface area (Å²) in [6.45, 7) is 0.244. The monoisotopic (exact) mass is 311 g/mol. The van der Waals surface area contributed by atoms with Gasteiger partial charge in [-0.15, -0.1) is 0 Å². The minimum Gasteiger partial charge on any atom is -0.326 e. The van der Waals surface area contributed by atoms with Crippen LogP contribution >= 0.6 is 0 Å². The Morgan fingerprint density at radius 1 is 0.870 bits per heavy atom. The molecule has 0 atom stereocenters. The zero-order valence-electron chi connectivity index (χ0n) is 13.1. The molecule has 2 amide bonds. The highest BCUT2D eigenvalue weighted by atomic mass is 16.2. The normalized spacial score (nSPS) is 10.1. The smallest absolute Gasteiger partial charge is 0.238 e. The van der Waals surface area contributed by atoms with Crippen LogP contribution in [0.4, 0.5) is 11.4 Å². The third kappa shape index (κ3) is 5.92. The van der Waals surface area contributed by atoms with Crippen LogP contribution in [0.2, 0.25) is 0 Å². The van der Waals surface area contributed by atoms with E-state index in [1.165, 1.54) is 0 Å². The number of carbonyl (C=O) groups is 2. The van der Waals surface area contributed by atoms with Gasteiger partial charge in [0.2, 0.25) is 11.8 Å². The molecule has 0 unspecified atom stereocenters. The molecule has 2 aromatic rings. The van der Waals surface area contributed by atoms with Crippen molar-refractivity contribution in [3.63, 3.8) is 0 Å². The number of nitrogens with one attached hydrogen (secondary N) is 3. The summed E-state index contributed by atoms with van der Waals surface area (Å²) in [5.41, 5.74) is 2.46. The Labute approximate surface area is 136 Å². The van der Waals surface area contributed by atoms with Crippen molar-refractivity contribution in [2.75, 3.05) is 24.2 Å². The summed E-state index contributed by atoms with van der Waals surface area (Å²) in [4.78, 5) is 23.6. The van der Waals surface area contributed by atoms with Crippen LogP contribution in [-0.4, -0.2) is 25.4 Å². The fraction of sp³-hybridized carbons (Fsp3) is 0.222. The number of hydrogen-bond acceptors (Lipinski definition) is 3. The zero-order chi connectivity index (χ0) is 16.5. The van der Waals surface area contributed by atoms with Crippen molar-refractivity contribution in [3.8, 4) is 0 Å². The van der Waals surface area contributed by atoms with Crippen molar-refractivity contribution < 1.29 is 9.59 Å². The first-order chi connectivity index (χ1) is 11.2. The number of likely N-dealkylation sites (N-methyl/N-ethyl adjacent to an activating group) is 1. The molecule has 5 heteroatoms. The molecule has 0 spiro atoms. The largest absolute Gasteiger partial charge is 0.326 e. The number of amides is 2. The van der Waals surface area contributed by atoms with Crippen molar-refractivity contribution in [1.82, 2.24) is 5.32 Å². The number of rotatable bonds is 7. The molecule has 0 aliphatic carbocycles. The zero-order valence-corrected chi connectivity index (χ0v) is 13.1. The van der Waals surface area contributed by atoms with Crippen LogP contribution in [0.5, 0.6) is 0 Å². The minimum absolute atomic E-state index is 0.0486. The van der Waals surface area contributed by atoms with E-state index in [-0.39, 0.29) is 18.4 Å². The molecule has 0 aliphatic heterocycles. The molecule has 3 N–H and O–H groups in total. The lowest BCUT2D eigenvalue weighted by atomic mass is 10.1. The van der Waals surface area contributed by atoms with Crippen LogP contribution < -0.4 is 16.0 Å². The first-order valence-corrected chi connectivity index (χ1v) is 7.55. The van der Waals surface area contributed by atoms with Crippen molar-refractivity contribution in [3.05, 3.63) is 60.2 Å². The molecule has 0 bridgehead atoms. The van der Waals surface area contributed by atoms with E-state index in [4.69, 9.17) is 0 Å². The molecule has 0 fully saturated rings. The quantitative estimate of drug-likeness (QED) is 0.735. The summed E-state index contributed by atoms with van der Waals surface area (Å²) in [6.07, 6.45) is 1.12. The maximum Gasteiger partial charge on any atom is 0.238 e. The number of hydrogen-bond donors (Lipinski definition) is 3. The molecule has 0 saturated carbocycles. The van der Waals surface area contributed by atoms with Gasteiger partial charge in [0.15, 0.2) is 0 Å². The molecule has 23 heavy (non-hydrogen) atoms. The number of benzene rings is 2. The average molecular weight is 311 g/mol. The molecule has 0 radical (unpaired) electrons. The summed E-state index contributed by atoms with van der Waals surface area (Å²) in [5, 5.41) is 8.40. The highest BCUT2D eigenvalue weighted by Gasteiger charge is 2.05. The predicted octanol–water partition coefficient (Wildman–Crippen LogP) is 2.42. The van der Waals surface area contributed by atoms with E-state index in [0.29, 0.717) is 24.2 Å². The highest BCUT2D eigenvalue weighted by molar-refractivity contribution is 5.94. The lowest BCUT2D eigenvalue weighted by Crippen LogP contribution is -2.25. The maximum atomic E-state index is 12.0. The van der Waals surface area contributed by atoms with E-state index in [1.54, 1.807) is 31.3 Å². The van der Waals surface area contributed by atoms with Crippen LogP contribution in [-0.2, 0) is 16.0 Å². The van der Waals surface area contributed by atoms with E-state index < -0.39 is 0 Å². The van der Waals surface area contributed by atoms with E-state index in [1.807, 2.05) is 30.3 Å². The van der Waals surface area contributed by atoms with Gasteiger partial charge < -0.3 is 16.0 Å². The summed E-state index contributed by atoms with van der Waals surface area (Å²) in [7, 11) is 1.71. The van der Waals surface area contributed by atoms with Gasteiger partial charge in [-0.1, -0.05) is 36.4 Å². The Balaban J connectivity index is 1.87. The molecule has 5 nitrogen and oxygen atoms in total. The second kappa shape index (κ2) is 8.70. The molecule has 0 saturated heterocycles. The van der Waals surface area contributed by atoms with Gasteiger partial charge in [-0.2, -0.15) is 0 Å². The summed E-state index contributed by atoms with van der Waals surface area (Å²) >= 11 is 0. The van der Waals surface area contributed by atoms with E-state index in [9.17, 15) is 9.59 Å². The SMILES string of the molecule is CNCC(=O)Nc1cccc(NC(=O)CCc2ccccc2)c1. The van der Waals surface area contributed by atoms with Crippen LogP contribution in [0.25, 0.3) is 0 Å². The van der Waals surface area contributed by atoms with Crippen LogP contribution in [0, 0.1) is 0 Å². The molecule has 0 aliphatic rings. The Morgan fingerprint density at radius 2 is 1.52 bits per heavy atom. The van der Waals surface area contributed by atoms with Crippen LogP contribution in [0.1, 0.15) is 12.0 Å². The van der Waals surface area contributed by atoms with Crippen molar-refractivity contribution in [1.29, 1.82) is 0 Å². The number of anilines is 2. The van der Waals surface area contributed by atoms with Gasteiger partial charge in [0.1, 0.15) is 0 Å². The van der Waals surface area contributed by atoms with Crippen molar-refractivity contribution in [2.45, 2.75) is 12.8 Å². The van der Waals surface area contributed by atoms with Gasteiger partial charge in [-0.3, -0.25) is 9.59 Å². The highest BCUT2D eigenvalue weighted by Crippen LogP contribution is 2.15. The van der Waals surface area contributed by atoms with Crippen molar-refractivity contribution >= 4 is 23.2 Å². The summed E-state index contributed by atoms with van der Waals surface area (Å²) < 4.78 is 0. The first kappa shape index (κ1) is 16.7. The lowest BCUT2D eigenvalue weighted by Gasteiger charge is -2.09. The van der Waals surface area contributed by atoms with E-state index in [0.717, 1.165) is 5.56 Å². The molecule has 2 rings (SSSR count). The lowest BCUT2D eigenvalue weighted by molar-refractivity contribution is -0.116. The minimum atomic E-state index is -0.125. The second-order valence-electron chi connectivity index (χ2n) is 5.19. The van der Waals surface area contributed by atoms with Gasteiger partial charge in [0, 0.05) is 17.8 Å². The summed E-state index contributed by atoms with van der Waals surface area (Å²) in [6, 6.07) is 17.0. The van der Waals surface area contributed by atoms with Crippen LogP contribution in [0.15, 0.2) is 54.6 Å². The van der Waals surface area contributed by atoms with Crippen LogP contribution in [0.3, 0.4) is 0 Å². The number of aryl methyl sites for hydroxylation is 1. The van der Waals surface area contributed by atoms with Gasteiger partial charge >= 0.3 is 0 Å². The molecule has 2 aromatic carbocycles. The Morgan fingerprint density at radius 3 is 2.17 bits per heavy atom. The van der Waals surface area contributed by atoms with E-state index in [2.05, 4.69) is 16.0 Å². The Hall–Kier alpha value is -2.66. The Bertz CT molecular complexity index is 656. The molecule has 120 valence electrons. The maximum absolute atomic E-state index is 12.0. The fourth-order valence-electron chi connectivity index (χ4n) is 2.17. The molecular formula is C18H21N3O2. The van der Waals surface area contributed by atoms with Gasteiger partial charge in [-0.25, -0.2) is 0 Å². The average Bonchev–Trinajstić information content (AvgIpc) is 2.54. The fourth-order valence-corrected chi connectivity index (χ4v) is 2.17. The molecule has 0 aromatic heterocycles. The van der Waals surface area contributed by atoms with Gasteiger partial charge in [0.25, 0.3) is 0 Å². The second-order valence-corrected chi connectivity index (χ2v) is 5.19. The number of carbonyl (C=O) groups excluding carboxylic acids is 2. The third-order valence-electron chi connectivity index (χ3n) is 3.25. The molecular weight excluding hydrogens is 290 g/mol. The topological polar surface area (TPSA) is 70.2 Å². The molecule has 0 heterocycles. The van der Waals surface area contributed by atoms with E-state index >= 15 is 0 Å². The van der Waals surface area contributed by atoms with Gasteiger partial charge in [0.05, 0.1) is 6.54 Å². The van der Waals surface area contributed by atoms with Gasteiger partial charge in [-0.05, 0) is 37.2 Å². The first-order valence-electron chi connectivity index (χ1n) is 7.55. The predicted molar refractivity (Wildman–Crippen MR) is 92.4 cm³/mol.